The zero-order chi connectivity index (χ0) is 32.4. The average molecular weight is 622 g/mol. The number of alkyl carbamates (subject to hydrolysis) is 1. The average Bonchev–Trinajstić information content (AvgIpc) is 2.91. The van der Waals surface area contributed by atoms with E-state index in [-0.39, 0.29) is 11.6 Å². The van der Waals surface area contributed by atoms with Crippen LogP contribution in [0.3, 0.4) is 0 Å². The lowest BCUT2D eigenvalue weighted by atomic mass is 9.99. The van der Waals surface area contributed by atoms with Gasteiger partial charge in [0.05, 0.1) is 25.4 Å². The highest BCUT2D eigenvalue weighted by Crippen LogP contribution is 2.36. The highest BCUT2D eigenvalue weighted by Gasteiger charge is 2.40. The highest BCUT2D eigenvalue weighted by molar-refractivity contribution is 6.74. The van der Waals surface area contributed by atoms with Crippen LogP contribution in [0, 0.1) is 0 Å². The molecule has 0 unspecified atom stereocenters. The number of hydrogen-bond donors (Lipinski definition) is 2. The first kappa shape index (κ1) is 39.6. The second-order valence-electron chi connectivity index (χ2n) is 14.8. The van der Waals surface area contributed by atoms with Crippen LogP contribution in [0.4, 0.5) is 4.79 Å². The Hall–Kier alpha value is -1.41. The molecule has 0 aromatic heterocycles. The molecule has 7 heteroatoms. The molecule has 0 bridgehead atoms. The number of ether oxygens (including phenoxy) is 2. The van der Waals surface area contributed by atoms with Crippen LogP contribution in [-0.4, -0.2) is 50.0 Å². The quantitative estimate of drug-likeness (QED) is 0.0995. The van der Waals surface area contributed by atoms with Gasteiger partial charge in [-0.3, -0.25) is 0 Å². The number of nitrogens with one attached hydrogen (secondary N) is 1. The molecular formula is C36H67NO5Si. The van der Waals surface area contributed by atoms with E-state index in [0.717, 1.165) is 18.4 Å². The normalized spacial score (nSPS) is 14.7. The summed E-state index contributed by atoms with van der Waals surface area (Å²) in [6, 6.07) is 9.40. The second-order valence-corrected chi connectivity index (χ2v) is 19.6. The lowest BCUT2D eigenvalue weighted by Gasteiger charge is -2.39. The Morgan fingerprint density at radius 2 is 1.35 bits per heavy atom. The minimum Gasteiger partial charge on any atom is -0.444 e. The van der Waals surface area contributed by atoms with Gasteiger partial charge in [-0.2, -0.15) is 0 Å². The largest absolute Gasteiger partial charge is 0.444 e. The van der Waals surface area contributed by atoms with Crippen LogP contribution >= 0.6 is 0 Å². The first-order valence-electron chi connectivity index (χ1n) is 17.1. The van der Waals surface area contributed by atoms with E-state index in [1.165, 1.54) is 64.2 Å². The third kappa shape index (κ3) is 18.2. The second kappa shape index (κ2) is 20.6. The summed E-state index contributed by atoms with van der Waals surface area (Å²) in [5.41, 5.74) is 0.384. The lowest BCUT2D eigenvalue weighted by Crippen LogP contribution is -2.55. The van der Waals surface area contributed by atoms with Crippen molar-refractivity contribution in [3.05, 3.63) is 35.9 Å². The van der Waals surface area contributed by atoms with Crippen molar-refractivity contribution in [3.63, 3.8) is 0 Å². The maximum Gasteiger partial charge on any atom is 0.408 e. The Balaban J connectivity index is 2.84. The number of amides is 1. The van der Waals surface area contributed by atoms with E-state index in [0.29, 0.717) is 13.0 Å². The smallest absolute Gasteiger partial charge is 0.408 e. The standard InChI is InChI=1S/C36H67NO5Si/c1-10-11-12-13-14-15-16-17-18-19-20-24-27-32(38)33(40-28-30-25-22-21-23-26-30)31(37-34(39)42-35(2,3)4)29-41-43(8,9)36(5,6)7/h21-23,25-26,31-33,38H,10-20,24,27-29H2,1-9H3,(H,37,39)/t31-,32+,33-/m0/s1. The molecule has 0 spiro atoms. The number of unbranched alkanes of at least 4 members (excludes halogenated alkanes) is 11. The zero-order valence-corrected chi connectivity index (χ0v) is 30.3. The fourth-order valence-electron chi connectivity index (χ4n) is 4.81. The number of carbonyl (C=O) groups excluding carboxylic acids is 1. The van der Waals surface area contributed by atoms with Crippen molar-refractivity contribution >= 4 is 14.4 Å². The molecule has 0 aliphatic rings. The van der Waals surface area contributed by atoms with Crippen molar-refractivity contribution in [2.75, 3.05) is 6.61 Å². The lowest BCUT2D eigenvalue weighted by molar-refractivity contribution is -0.0755. The summed E-state index contributed by atoms with van der Waals surface area (Å²) in [6.45, 7) is 19.4. The topological polar surface area (TPSA) is 77.0 Å². The summed E-state index contributed by atoms with van der Waals surface area (Å²) >= 11 is 0. The fourth-order valence-corrected chi connectivity index (χ4v) is 5.84. The molecule has 0 radical (unpaired) electrons. The minimum atomic E-state index is -2.12. The molecule has 6 nitrogen and oxygen atoms in total. The summed E-state index contributed by atoms with van der Waals surface area (Å²) in [4.78, 5) is 13.0. The van der Waals surface area contributed by atoms with Gasteiger partial charge in [-0.25, -0.2) is 4.79 Å². The van der Waals surface area contributed by atoms with E-state index in [1.807, 2.05) is 51.1 Å². The van der Waals surface area contributed by atoms with Crippen LogP contribution in [0.5, 0.6) is 0 Å². The predicted octanol–water partition coefficient (Wildman–Crippen LogP) is 9.94. The van der Waals surface area contributed by atoms with E-state index in [4.69, 9.17) is 13.9 Å². The van der Waals surface area contributed by atoms with E-state index in [1.54, 1.807) is 0 Å². The molecule has 0 saturated carbocycles. The Morgan fingerprint density at radius 1 is 0.837 bits per heavy atom. The van der Waals surface area contributed by atoms with Crippen LogP contribution in [0.25, 0.3) is 0 Å². The molecule has 0 aliphatic carbocycles. The molecule has 0 aliphatic heterocycles. The van der Waals surface area contributed by atoms with Crippen molar-refractivity contribution in [2.45, 2.75) is 181 Å². The van der Waals surface area contributed by atoms with Gasteiger partial charge in [-0.05, 0) is 50.9 Å². The van der Waals surface area contributed by atoms with Crippen molar-refractivity contribution in [2.24, 2.45) is 0 Å². The summed E-state index contributed by atoms with van der Waals surface area (Å²) in [5.74, 6) is 0. The molecule has 1 rings (SSSR count). The van der Waals surface area contributed by atoms with Gasteiger partial charge >= 0.3 is 6.09 Å². The summed E-state index contributed by atoms with van der Waals surface area (Å²) < 4.78 is 18.6. The minimum absolute atomic E-state index is 0.0114. The van der Waals surface area contributed by atoms with Gasteiger partial charge in [0, 0.05) is 0 Å². The fraction of sp³-hybridized carbons (Fsp3) is 0.806. The van der Waals surface area contributed by atoms with Crippen LogP contribution in [0.2, 0.25) is 18.1 Å². The Labute approximate surface area is 266 Å². The molecule has 1 amide bonds. The molecule has 2 N–H and O–H groups in total. The predicted molar refractivity (Wildman–Crippen MR) is 183 cm³/mol. The van der Waals surface area contributed by atoms with E-state index >= 15 is 0 Å². The van der Waals surface area contributed by atoms with E-state index < -0.39 is 38.3 Å². The number of carbonyl (C=O) groups is 1. The molecule has 1 aromatic carbocycles. The molecule has 1 aromatic rings. The molecule has 0 saturated heterocycles. The van der Waals surface area contributed by atoms with E-state index in [2.05, 4.69) is 46.1 Å². The maximum absolute atomic E-state index is 13.0. The van der Waals surface area contributed by atoms with E-state index in [9.17, 15) is 9.90 Å². The number of hydrogen-bond acceptors (Lipinski definition) is 5. The Morgan fingerprint density at radius 3 is 1.84 bits per heavy atom. The van der Waals surface area contributed by atoms with Crippen LogP contribution in [0.15, 0.2) is 30.3 Å². The van der Waals surface area contributed by atoms with Gasteiger partial charge in [0.25, 0.3) is 0 Å². The van der Waals surface area contributed by atoms with Crippen molar-refractivity contribution in [1.29, 1.82) is 0 Å². The summed E-state index contributed by atoms with van der Waals surface area (Å²) in [6.07, 6.45) is 13.9. The molecule has 43 heavy (non-hydrogen) atoms. The van der Waals surface area contributed by atoms with Gasteiger partial charge in [0.15, 0.2) is 8.32 Å². The first-order valence-corrected chi connectivity index (χ1v) is 20.0. The molecule has 0 fully saturated rings. The maximum atomic E-state index is 13.0. The third-order valence-electron chi connectivity index (χ3n) is 8.55. The van der Waals surface area contributed by atoms with Gasteiger partial charge < -0.3 is 24.3 Å². The van der Waals surface area contributed by atoms with Gasteiger partial charge in [-0.1, -0.05) is 135 Å². The van der Waals surface area contributed by atoms with Crippen LogP contribution in [-0.2, 0) is 20.5 Å². The number of aliphatic hydroxyl groups is 1. The van der Waals surface area contributed by atoms with Crippen molar-refractivity contribution < 1.29 is 23.8 Å². The van der Waals surface area contributed by atoms with Gasteiger partial charge in [0.1, 0.15) is 11.7 Å². The first-order chi connectivity index (χ1) is 20.2. The molecule has 3 atom stereocenters. The molecular weight excluding hydrogens is 554 g/mol. The highest BCUT2D eigenvalue weighted by atomic mass is 28.4. The summed E-state index contributed by atoms with van der Waals surface area (Å²) in [5, 5.41) is 14.5. The zero-order valence-electron chi connectivity index (χ0n) is 29.3. The van der Waals surface area contributed by atoms with Crippen LogP contribution < -0.4 is 5.32 Å². The number of benzene rings is 1. The SMILES string of the molecule is CCCCCCCCCCCCCC[C@@H](O)[C@@H](OCc1ccccc1)[C@H](CO[Si](C)(C)C(C)(C)C)NC(=O)OC(C)(C)C. The summed E-state index contributed by atoms with van der Waals surface area (Å²) in [7, 11) is -2.12. The van der Waals surface area contributed by atoms with Crippen molar-refractivity contribution in [3.8, 4) is 0 Å². The Bertz CT molecular complexity index is 849. The number of rotatable bonds is 22. The van der Waals surface area contributed by atoms with Gasteiger partial charge in [0.2, 0.25) is 0 Å². The van der Waals surface area contributed by atoms with Crippen molar-refractivity contribution in [1.82, 2.24) is 5.32 Å². The molecule has 250 valence electrons. The van der Waals surface area contributed by atoms with Gasteiger partial charge in [-0.15, -0.1) is 0 Å². The Kier molecular flexibility index (Phi) is 19.0. The molecule has 0 heterocycles. The monoisotopic (exact) mass is 621 g/mol. The number of aliphatic hydroxyl groups excluding tert-OH is 1. The third-order valence-corrected chi connectivity index (χ3v) is 13.0. The van der Waals surface area contributed by atoms with Crippen LogP contribution in [0.1, 0.15) is 138 Å².